The third-order valence-corrected chi connectivity index (χ3v) is 3.23. The number of nitrogens with one attached hydrogen (secondary N) is 2. The zero-order valence-corrected chi connectivity index (χ0v) is 10.3. The van der Waals surface area contributed by atoms with E-state index in [1.54, 1.807) is 6.20 Å². The molecule has 1 aromatic heterocycles. The molecule has 0 saturated heterocycles. The summed E-state index contributed by atoms with van der Waals surface area (Å²) >= 11 is 0. The second-order valence-electron chi connectivity index (χ2n) is 4.52. The van der Waals surface area contributed by atoms with Gasteiger partial charge in [-0.05, 0) is 18.1 Å². The van der Waals surface area contributed by atoms with Gasteiger partial charge in [0.05, 0.1) is 0 Å². The Morgan fingerprint density at radius 3 is 2.78 bits per heavy atom. The average Bonchev–Trinajstić information content (AvgIpc) is 3.19. The van der Waals surface area contributed by atoms with Crippen molar-refractivity contribution in [3.63, 3.8) is 0 Å². The van der Waals surface area contributed by atoms with Gasteiger partial charge >= 0.3 is 0 Å². The van der Waals surface area contributed by atoms with E-state index in [1.807, 2.05) is 13.1 Å². The molecule has 0 bridgehead atoms. The van der Waals surface area contributed by atoms with Crippen LogP contribution in [0.1, 0.15) is 17.9 Å². The molecule has 1 saturated carbocycles. The van der Waals surface area contributed by atoms with Crippen LogP contribution in [-0.4, -0.2) is 23.1 Å². The maximum atomic E-state index is 4.37. The Morgan fingerprint density at radius 1 is 1.17 bits per heavy atom. The van der Waals surface area contributed by atoms with Crippen LogP contribution in [0.2, 0.25) is 0 Å². The zero-order chi connectivity index (χ0) is 12.4. The van der Waals surface area contributed by atoms with Crippen molar-refractivity contribution in [3.05, 3.63) is 48.2 Å². The van der Waals surface area contributed by atoms with E-state index >= 15 is 0 Å². The van der Waals surface area contributed by atoms with Crippen LogP contribution in [0.4, 0.5) is 11.8 Å². The maximum Gasteiger partial charge on any atom is 0.224 e. The molecule has 1 fully saturated rings. The zero-order valence-electron chi connectivity index (χ0n) is 10.3. The van der Waals surface area contributed by atoms with Crippen LogP contribution in [0.3, 0.4) is 0 Å². The van der Waals surface area contributed by atoms with Gasteiger partial charge in [-0.15, -0.1) is 0 Å². The van der Waals surface area contributed by atoms with Gasteiger partial charge in [0.2, 0.25) is 5.95 Å². The highest BCUT2D eigenvalue weighted by atomic mass is 15.1. The van der Waals surface area contributed by atoms with Gasteiger partial charge in [0.25, 0.3) is 0 Å². The van der Waals surface area contributed by atoms with Gasteiger partial charge in [0.1, 0.15) is 5.82 Å². The van der Waals surface area contributed by atoms with Crippen LogP contribution in [0.25, 0.3) is 0 Å². The summed E-state index contributed by atoms with van der Waals surface area (Å²) in [6, 6.07) is 13.0. The highest BCUT2D eigenvalue weighted by Crippen LogP contribution is 2.42. The minimum atomic E-state index is 0.493. The van der Waals surface area contributed by atoms with Gasteiger partial charge in [-0.3, -0.25) is 0 Å². The molecule has 1 aliphatic carbocycles. The van der Waals surface area contributed by atoms with E-state index in [0.717, 1.165) is 5.82 Å². The van der Waals surface area contributed by atoms with Gasteiger partial charge in [-0.25, -0.2) is 4.98 Å². The monoisotopic (exact) mass is 240 g/mol. The standard InChI is InChI=1S/C14H16N4/c1-15-14-16-8-7-13(18-14)17-12-9-11(12)10-5-3-2-4-6-10/h2-8,11-12H,9H2,1H3,(H2,15,16,17,18). The summed E-state index contributed by atoms with van der Waals surface area (Å²) in [5.41, 5.74) is 1.40. The van der Waals surface area contributed by atoms with Crippen LogP contribution in [0.15, 0.2) is 42.6 Å². The van der Waals surface area contributed by atoms with E-state index in [2.05, 4.69) is 50.9 Å². The predicted octanol–water partition coefficient (Wildman–Crippen LogP) is 2.49. The lowest BCUT2D eigenvalue weighted by atomic mass is 10.1. The first-order chi connectivity index (χ1) is 8.86. The van der Waals surface area contributed by atoms with Gasteiger partial charge in [0, 0.05) is 25.2 Å². The van der Waals surface area contributed by atoms with Crippen molar-refractivity contribution < 1.29 is 0 Å². The fraction of sp³-hybridized carbons (Fsp3) is 0.286. The molecule has 0 spiro atoms. The van der Waals surface area contributed by atoms with E-state index in [9.17, 15) is 0 Å². The Morgan fingerprint density at radius 2 is 2.00 bits per heavy atom. The average molecular weight is 240 g/mol. The molecule has 2 unspecified atom stereocenters. The van der Waals surface area contributed by atoms with Crippen LogP contribution >= 0.6 is 0 Å². The van der Waals surface area contributed by atoms with Crippen molar-refractivity contribution in [2.75, 3.05) is 17.7 Å². The van der Waals surface area contributed by atoms with E-state index in [1.165, 1.54) is 12.0 Å². The number of hydrogen-bond donors (Lipinski definition) is 2. The molecule has 0 amide bonds. The number of nitrogens with zero attached hydrogens (tertiary/aromatic N) is 2. The van der Waals surface area contributed by atoms with Crippen molar-refractivity contribution in [3.8, 4) is 0 Å². The van der Waals surface area contributed by atoms with Gasteiger partial charge in [0.15, 0.2) is 0 Å². The summed E-state index contributed by atoms with van der Waals surface area (Å²) in [7, 11) is 1.82. The third kappa shape index (κ3) is 2.27. The Bertz CT molecular complexity index is 526. The molecule has 1 aliphatic rings. The molecule has 0 aliphatic heterocycles. The second-order valence-corrected chi connectivity index (χ2v) is 4.52. The fourth-order valence-corrected chi connectivity index (χ4v) is 2.17. The number of aromatic nitrogens is 2. The first kappa shape index (κ1) is 11.0. The molecule has 2 aromatic rings. The molecule has 2 atom stereocenters. The summed E-state index contributed by atoms with van der Waals surface area (Å²) in [5.74, 6) is 2.15. The smallest absolute Gasteiger partial charge is 0.224 e. The van der Waals surface area contributed by atoms with E-state index in [4.69, 9.17) is 0 Å². The predicted molar refractivity (Wildman–Crippen MR) is 72.8 cm³/mol. The van der Waals surface area contributed by atoms with Crippen LogP contribution in [0, 0.1) is 0 Å². The van der Waals surface area contributed by atoms with Crippen molar-refractivity contribution in [2.45, 2.75) is 18.4 Å². The summed E-state index contributed by atoms with van der Waals surface area (Å²) in [5, 5.41) is 6.39. The van der Waals surface area contributed by atoms with Crippen LogP contribution < -0.4 is 10.6 Å². The molecule has 4 nitrogen and oxygen atoms in total. The Kier molecular flexibility index (Phi) is 2.84. The molecule has 1 aromatic carbocycles. The number of hydrogen-bond acceptors (Lipinski definition) is 4. The van der Waals surface area contributed by atoms with Crippen LogP contribution in [-0.2, 0) is 0 Å². The molecule has 4 heteroatoms. The summed E-state index contributed by atoms with van der Waals surface area (Å²) in [4.78, 5) is 8.47. The maximum absolute atomic E-state index is 4.37. The number of rotatable bonds is 4. The topological polar surface area (TPSA) is 49.8 Å². The van der Waals surface area contributed by atoms with Crippen LogP contribution in [0.5, 0.6) is 0 Å². The van der Waals surface area contributed by atoms with Gasteiger partial charge < -0.3 is 10.6 Å². The molecule has 92 valence electrons. The number of benzene rings is 1. The Hall–Kier alpha value is -2.10. The van der Waals surface area contributed by atoms with Crippen molar-refractivity contribution >= 4 is 11.8 Å². The second kappa shape index (κ2) is 4.64. The fourth-order valence-electron chi connectivity index (χ4n) is 2.17. The number of anilines is 2. The normalized spacial score (nSPS) is 21.4. The van der Waals surface area contributed by atoms with Crippen molar-refractivity contribution in [1.82, 2.24) is 9.97 Å². The Balaban J connectivity index is 1.65. The quantitative estimate of drug-likeness (QED) is 0.862. The Labute approximate surface area is 106 Å². The van der Waals surface area contributed by atoms with E-state index in [0.29, 0.717) is 17.9 Å². The minimum Gasteiger partial charge on any atom is -0.367 e. The van der Waals surface area contributed by atoms with Gasteiger partial charge in [-0.2, -0.15) is 4.98 Å². The summed E-state index contributed by atoms with van der Waals surface area (Å²) in [6.07, 6.45) is 2.93. The lowest BCUT2D eigenvalue weighted by Gasteiger charge is -2.06. The molecular formula is C14H16N4. The molecule has 18 heavy (non-hydrogen) atoms. The van der Waals surface area contributed by atoms with E-state index in [-0.39, 0.29) is 0 Å². The highest BCUT2D eigenvalue weighted by Gasteiger charge is 2.38. The lowest BCUT2D eigenvalue weighted by Crippen LogP contribution is -2.07. The third-order valence-electron chi connectivity index (χ3n) is 3.23. The van der Waals surface area contributed by atoms with Crippen molar-refractivity contribution in [1.29, 1.82) is 0 Å². The summed E-state index contributed by atoms with van der Waals surface area (Å²) in [6.45, 7) is 0. The van der Waals surface area contributed by atoms with Gasteiger partial charge in [-0.1, -0.05) is 30.3 Å². The van der Waals surface area contributed by atoms with E-state index < -0.39 is 0 Å². The molecule has 2 N–H and O–H groups in total. The minimum absolute atomic E-state index is 0.493. The lowest BCUT2D eigenvalue weighted by molar-refractivity contribution is 1.02. The molecule has 0 radical (unpaired) electrons. The summed E-state index contributed by atoms with van der Waals surface area (Å²) < 4.78 is 0. The first-order valence-corrected chi connectivity index (χ1v) is 6.19. The van der Waals surface area contributed by atoms with Crippen molar-refractivity contribution in [2.24, 2.45) is 0 Å². The molecule has 1 heterocycles. The molecular weight excluding hydrogens is 224 g/mol. The largest absolute Gasteiger partial charge is 0.367 e. The SMILES string of the molecule is CNc1nccc(NC2CC2c2ccccc2)n1. The highest BCUT2D eigenvalue weighted by molar-refractivity contribution is 5.44. The first-order valence-electron chi connectivity index (χ1n) is 6.19. The molecule has 3 rings (SSSR count).